The topological polar surface area (TPSA) is 112 Å². The van der Waals surface area contributed by atoms with Gasteiger partial charge >= 0.3 is 5.97 Å². The molecule has 0 atom stereocenters. The number of nitrogens with zero attached hydrogens (tertiary/aromatic N) is 1. The molecule has 0 unspecified atom stereocenters. The van der Waals surface area contributed by atoms with Crippen molar-refractivity contribution in [3.8, 4) is 0 Å². The Kier molecular flexibility index (Phi) is 6.01. The summed E-state index contributed by atoms with van der Waals surface area (Å²) in [5, 5.41) is 17.3. The van der Waals surface area contributed by atoms with Crippen molar-refractivity contribution in [2.45, 2.75) is 17.7 Å². The monoisotopic (exact) mass is 315 g/mol. The number of hydrogen-bond acceptors (Lipinski definition) is 5. The van der Waals surface area contributed by atoms with Crippen LogP contribution >= 0.6 is 0 Å². The number of carbonyl (C=O) groups excluding carboxylic acids is 1. The first-order valence-corrected chi connectivity index (χ1v) is 7.65. The number of hydrogen-bond donors (Lipinski definition) is 2. The van der Waals surface area contributed by atoms with Crippen LogP contribution in [0, 0.1) is 0 Å². The predicted octanol–water partition coefficient (Wildman–Crippen LogP) is 0.347. The Morgan fingerprint density at radius 2 is 1.71 bits per heavy atom. The van der Waals surface area contributed by atoms with Crippen LogP contribution in [0.25, 0.3) is 0 Å². The summed E-state index contributed by atoms with van der Waals surface area (Å²) < 4.78 is 25.1. The number of carboxylic acid groups (broad SMARTS) is 1. The van der Waals surface area contributed by atoms with Gasteiger partial charge in [-0.1, -0.05) is 12.1 Å². The SMILES string of the molecule is CN(CCO)S(=O)(=O)c1ccc(C(=O)CCC(=O)O)cc1. The van der Waals surface area contributed by atoms with Crippen molar-refractivity contribution in [2.24, 2.45) is 0 Å². The van der Waals surface area contributed by atoms with Crippen LogP contribution in [0.2, 0.25) is 0 Å². The van der Waals surface area contributed by atoms with Gasteiger partial charge in [0.05, 0.1) is 17.9 Å². The number of benzene rings is 1. The van der Waals surface area contributed by atoms with E-state index in [1.54, 1.807) is 0 Å². The molecule has 0 heterocycles. The summed E-state index contributed by atoms with van der Waals surface area (Å²) in [7, 11) is -2.36. The molecule has 0 radical (unpaired) electrons. The van der Waals surface area contributed by atoms with E-state index in [0.717, 1.165) is 4.31 Å². The number of ketones is 1. The summed E-state index contributed by atoms with van der Waals surface area (Å²) in [6.07, 6.45) is -0.399. The molecule has 0 fully saturated rings. The average Bonchev–Trinajstić information content (AvgIpc) is 2.45. The molecule has 116 valence electrons. The van der Waals surface area contributed by atoms with Crippen LogP contribution in [0.1, 0.15) is 23.2 Å². The van der Waals surface area contributed by atoms with Crippen LogP contribution in [0.15, 0.2) is 29.2 Å². The van der Waals surface area contributed by atoms with Crippen molar-refractivity contribution >= 4 is 21.8 Å². The van der Waals surface area contributed by atoms with E-state index in [-0.39, 0.29) is 42.2 Å². The maximum Gasteiger partial charge on any atom is 0.303 e. The predicted molar refractivity (Wildman–Crippen MR) is 74.5 cm³/mol. The second-order valence-electron chi connectivity index (χ2n) is 4.39. The molecule has 0 aromatic heterocycles. The lowest BCUT2D eigenvalue weighted by Gasteiger charge is -2.15. The zero-order valence-corrected chi connectivity index (χ0v) is 12.3. The highest BCUT2D eigenvalue weighted by molar-refractivity contribution is 7.89. The fraction of sp³-hybridized carbons (Fsp3) is 0.385. The van der Waals surface area contributed by atoms with Gasteiger partial charge in [0, 0.05) is 25.6 Å². The second-order valence-corrected chi connectivity index (χ2v) is 6.44. The van der Waals surface area contributed by atoms with E-state index in [1.807, 2.05) is 0 Å². The van der Waals surface area contributed by atoms with Crippen molar-refractivity contribution in [1.29, 1.82) is 0 Å². The van der Waals surface area contributed by atoms with Gasteiger partial charge in [0.15, 0.2) is 5.78 Å². The van der Waals surface area contributed by atoms with Gasteiger partial charge in [-0.25, -0.2) is 8.42 Å². The molecule has 0 aliphatic carbocycles. The first-order chi connectivity index (χ1) is 9.78. The standard InChI is InChI=1S/C13H17NO6S/c1-14(8-9-15)21(19,20)11-4-2-10(3-5-11)12(16)6-7-13(17)18/h2-5,15H,6-9H2,1H3,(H,17,18). The van der Waals surface area contributed by atoms with E-state index in [2.05, 4.69) is 0 Å². The highest BCUT2D eigenvalue weighted by atomic mass is 32.2. The summed E-state index contributed by atoms with van der Waals surface area (Å²) in [5.41, 5.74) is 0.264. The fourth-order valence-electron chi connectivity index (χ4n) is 1.62. The number of likely N-dealkylation sites (N-methyl/N-ethyl adjacent to an activating group) is 1. The third-order valence-corrected chi connectivity index (χ3v) is 4.74. The molecule has 1 aromatic carbocycles. The molecule has 0 saturated carbocycles. The number of Topliss-reactive ketones (excluding diaryl/α,β-unsaturated/α-hetero) is 1. The van der Waals surface area contributed by atoms with Crippen molar-refractivity contribution in [3.63, 3.8) is 0 Å². The fourth-order valence-corrected chi connectivity index (χ4v) is 2.78. The second kappa shape index (κ2) is 7.30. The molecule has 0 aliphatic heterocycles. The molecule has 0 bridgehead atoms. The van der Waals surface area contributed by atoms with E-state index in [1.165, 1.54) is 31.3 Å². The molecule has 1 rings (SSSR count). The third-order valence-electron chi connectivity index (χ3n) is 2.87. The van der Waals surface area contributed by atoms with E-state index in [9.17, 15) is 18.0 Å². The lowest BCUT2D eigenvalue weighted by Crippen LogP contribution is -2.29. The van der Waals surface area contributed by atoms with Gasteiger partial charge in [0.1, 0.15) is 0 Å². The Bertz CT molecular complexity index is 608. The minimum Gasteiger partial charge on any atom is -0.481 e. The molecule has 0 amide bonds. The zero-order chi connectivity index (χ0) is 16.0. The summed E-state index contributed by atoms with van der Waals surface area (Å²) in [5.74, 6) is -1.42. The Hall–Kier alpha value is -1.77. The van der Waals surface area contributed by atoms with Crippen molar-refractivity contribution in [2.75, 3.05) is 20.2 Å². The van der Waals surface area contributed by atoms with Crippen molar-refractivity contribution < 1.29 is 28.2 Å². The number of aliphatic hydroxyl groups excluding tert-OH is 1. The molecule has 2 N–H and O–H groups in total. The van der Waals surface area contributed by atoms with Crippen molar-refractivity contribution in [1.82, 2.24) is 4.31 Å². The lowest BCUT2D eigenvalue weighted by atomic mass is 10.1. The zero-order valence-electron chi connectivity index (χ0n) is 11.5. The van der Waals surface area contributed by atoms with E-state index >= 15 is 0 Å². The number of rotatable bonds is 8. The van der Waals surface area contributed by atoms with Crippen LogP contribution in [-0.4, -0.2) is 54.9 Å². The number of aliphatic hydroxyl groups is 1. The number of carbonyl (C=O) groups is 2. The third kappa shape index (κ3) is 4.62. The summed E-state index contributed by atoms with van der Waals surface area (Å²) >= 11 is 0. The van der Waals surface area contributed by atoms with Crippen LogP contribution in [0.5, 0.6) is 0 Å². The lowest BCUT2D eigenvalue weighted by molar-refractivity contribution is -0.136. The Morgan fingerprint density at radius 3 is 2.19 bits per heavy atom. The van der Waals surface area contributed by atoms with E-state index in [0.29, 0.717) is 0 Å². The Labute approximate surface area is 122 Å². The average molecular weight is 315 g/mol. The Balaban J connectivity index is 2.87. The molecule has 1 aromatic rings. The van der Waals surface area contributed by atoms with Gasteiger partial charge in [-0.2, -0.15) is 4.31 Å². The normalized spacial score (nSPS) is 11.6. The number of sulfonamides is 1. The smallest absolute Gasteiger partial charge is 0.303 e. The maximum absolute atomic E-state index is 12.1. The highest BCUT2D eigenvalue weighted by Crippen LogP contribution is 2.16. The molecule has 7 nitrogen and oxygen atoms in total. The van der Waals surface area contributed by atoms with Crippen LogP contribution in [0.3, 0.4) is 0 Å². The van der Waals surface area contributed by atoms with E-state index < -0.39 is 16.0 Å². The summed E-state index contributed by atoms with van der Waals surface area (Å²) in [4.78, 5) is 22.1. The van der Waals surface area contributed by atoms with Gasteiger partial charge < -0.3 is 10.2 Å². The molecule has 0 saturated heterocycles. The maximum atomic E-state index is 12.1. The minimum absolute atomic E-state index is 0.00762. The van der Waals surface area contributed by atoms with Crippen LogP contribution < -0.4 is 0 Å². The van der Waals surface area contributed by atoms with Gasteiger partial charge in [-0.15, -0.1) is 0 Å². The first kappa shape index (κ1) is 17.3. The molecule has 21 heavy (non-hydrogen) atoms. The molecule has 0 aliphatic rings. The molecular weight excluding hydrogens is 298 g/mol. The summed E-state index contributed by atoms with van der Waals surface area (Å²) in [6.45, 7) is -0.316. The molecular formula is C13H17NO6S. The summed E-state index contributed by atoms with van der Waals surface area (Å²) in [6, 6.07) is 5.28. The van der Waals surface area contributed by atoms with Crippen molar-refractivity contribution in [3.05, 3.63) is 29.8 Å². The first-order valence-electron chi connectivity index (χ1n) is 6.21. The quantitative estimate of drug-likeness (QED) is 0.669. The van der Waals surface area contributed by atoms with Gasteiger partial charge in [-0.3, -0.25) is 9.59 Å². The minimum atomic E-state index is -3.70. The van der Waals surface area contributed by atoms with Gasteiger partial charge in [0.2, 0.25) is 10.0 Å². The molecule has 8 heteroatoms. The number of aliphatic carboxylic acids is 1. The largest absolute Gasteiger partial charge is 0.481 e. The van der Waals surface area contributed by atoms with Crippen LogP contribution in [-0.2, 0) is 14.8 Å². The van der Waals surface area contributed by atoms with Gasteiger partial charge in [-0.05, 0) is 12.1 Å². The molecule has 0 spiro atoms. The van der Waals surface area contributed by atoms with Crippen LogP contribution in [0.4, 0.5) is 0 Å². The highest BCUT2D eigenvalue weighted by Gasteiger charge is 2.20. The Morgan fingerprint density at radius 1 is 1.14 bits per heavy atom. The van der Waals surface area contributed by atoms with Gasteiger partial charge in [0.25, 0.3) is 0 Å². The number of carboxylic acids is 1. The van der Waals surface area contributed by atoms with E-state index in [4.69, 9.17) is 10.2 Å².